The maximum absolute atomic E-state index is 4.37. The Morgan fingerprint density at radius 3 is 2.60 bits per heavy atom. The average Bonchev–Trinajstić information content (AvgIpc) is 2.23. The first kappa shape index (κ1) is 10.6. The Kier molecular flexibility index (Phi) is 3.06. The highest BCUT2D eigenvalue weighted by Crippen LogP contribution is 2.29. The third-order valence-electron chi connectivity index (χ3n) is 3.32. The van der Waals surface area contributed by atoms with Crippen molar-refractivity contribution in [3.05, 3.63) is 30.1 Å². The van der Waals surface area contributed by atoms with Crippen molar-refractivity contribution in [2.24, 2.45) is 5.41 Å². The number of nitrogens with zero attached hydrogens (tertiary/aromatic N) is 2. The molecule has 0 unspecified atom stereocenters. The zero-order valence-corrected chi connectivity index (χ0v) is 9.74. The van der Waals surface area contributed by atoms with Crippen molar-refractivity contribution in [1.82, 2.24) is 9.88 Å². The highest BCUT2D eigenvalue weighted by molar-refractivity contribution is 5.03. The quantitative estimate of drug-likeness (QED) is 0.736. The number of hydrogen-bond acceptors (Lipinski definition) is 2. The summed E-state index contributed by atoms with van der Waals surface area (Å²) in [6.45, 7) is 8.17. The molecule has 1 saturated heterocycles. The normalized spacial score (nSPS) is 21.5. The van der Waals surface area contributed by atoms with E-state index in [4.69, 9.17) is 0 Å². The minimum atomic E-state index is 0.542. The maximum atomic E-state index is 4.37. The molecule has 1 aliphatic heterocycles. The fourth-order valence-electron chi connectivity index (χ4n) is 2.04. The summed E-state index contributed by atoms with van der Waals surface area (Å²) >= 11 is 0. The van der Waals surface area contributed by atoms with Crippen LogP contribution < -0.4 is 0 Å². The summed E-state index contributed by atoms with van der Waals surface area (Å²) in [5.74, 6) is 0. The van der Waals surface area contributed by atoms with Crippen LogP contribution in [0.1, 0.15) is 32.4 Å². The van der Waals surface area contributed by atoms with Gasteiger partial charge in [-0.25, -0.2) is 0 Å². The van der Waals surface area contributed by atoms with Gasteiger partial charge in [0.25, 0.3) is 0 Å². The van der Waals surface area contributed by atoms with E-state index in [9.17, 15) is 0 Å². The summed E-state index contributed by atoms with van der Waals surface area (Å²) in [6, 6.07) is 6.15. The summed E-state index contributed by atoms with van der Waals surface area (Å²) < 4.78 is 0. The molecule has 2 nitrogen and oxygen atoms in total. The predicted molar refractivity (Wildman–Crippen MR) is 62.5 cm³/mol. The molecule has 0 radical (unpaired) electrons. The first-order valence-electron chi connectivity index (χ1n) is 5.78. The monoisotopic (exact) mass is 204 g/mol. The Labute approximate surface area is 92.3 Å². The third-order valence-corrected chi connectivity index (χ3v) is 3.32. The molecule has 2 heterocycles. The van der Waals surface area contributed by atoms with Crippen molar-refractivity contribution in [2.75, 3.05) is 13.1 Å². The van der Waals surface area contributed by atoms with Gasteiger partial charge >= 0.3 is 0 Å². The topological polar surface area (TPSA) is 16.1 Å². The first-order chi connectivity index (χ1) is 7.16. The van der Waals surface area contributed by atoms with Gasteiger partial charge in [-0.15, -0.1) is 0 Å². The second-order valence-electron chi connectivity index (χ2n) is 5.26. The van der Waals surface area contributed by atoms with Crippen LogP contribution in [0.3, 0.4) is 0 Å². The van der Waals surface area contributed by atoms with Gasteiger partial charge < -0.3 is 0 Å². The van der Waals surface area contributed by atoms with Gasteiger partial charge in [-0.05, 0) is 43.5 Å². The predicted octanol–water partition coefficient (Wildman–Crippen LogP) is 2.70. The number of piperidine rings is 1. The summed E-state index contributed by atoms with van der Waals surface area (Å²) in [6.07, 6.45) is 4.49. The van der Waals surface area contributed by atoms with E-state index < -0.39 is 0 Å². The third kappa shape index (κ3) is 3.03. The summed E-state index contributed by atoms with van der Waals surface area (Å²) in [4.78, 5) is 6.88. The smallest absolute Gasteiger partial charge is 0.0543 e. The lowest BCUT2D eigenvalue weighted by Crippen LogP contribution is -2.36. The highest BCUT2D eigenvalue weighted by Gasteiger charge is 2.25. The Balaban J connectivity index is 1.88. The average molecular weight is 204 g/mol. The molecule has 82 valence electrons. The van der Waals surface area contributed by atoms with Crippen molar-refractivity contribution in [1.29, 1.82) is 0 Å². The van der Waals surface area contributed by atoms with E-state index in [1.165, 1.54) is 31.6 Å². The largest absolute Gasteiger partial charge is 0.297 e. The van der Waals surface area contributed by atoms with Crippen LogP contribution in [0.4, 0.5) is 0 Å². The standard InChI is InChI=1S/C13H20N2/c1-13(2)6-9-15(10-7-13)11-12-5-3-4-8-14-12/h3-5,8H,6-7,9-11H2,1-2H3. The minimum Gasteiger partial charge on any atom is -0.297 e. The summed E-state index contributed by atoms with van der Waals surface area (Å²) in [5.41, 5.74) is 1.73. The van der Waals surface area contributed by atoms with Crippen molar-refractivity contribution < 1.29 is 0 Å². The highest BCUT2D eigenvalue weighted by atomic mass is 15.1. The number of aromatic nitrogens is 1. The van der Waals surface area contributed by atoms with Crippen molar-refractivity contribution in [3.8, 4) is 0 Å². The Morgan fingerprint density at radius 2 is 2.00 bits per heavy atom. The van der Waals surface area contributed by atoms with Gasteiger partial charge in [0.1, 0.15) is 0 Å². The van der Waals surface area contributed by atoms with Crippen LogP contribution in [0.2, 0.25) is 0 Å². The molecule has 1 aromatic rings. The van der Waals surface area contributed by atoms with Gasteiger partial charge in [0.05, 0.1) is 5.69 Å². The molecule has 0 N–H and O–H groups in total. The van der Waals surface area contributed by atoms with E-state index in [-0.39, 0.29) is 0 Å². The lowest BCUT2D eigenvalue weighted by atomic mass is 9.83. The van der Waals surface area contributed by atoms with Gasteiger partial charge in [-0.1, -0.05) is 19.9 Å². The second-order valence-corrected chi connectivity index (χ2v) is 5.26. The van der Waals surface area contributed by atoms with E-state index >= 15 is 0 Å². The number of likely N-dealkylation sites (tertiary alicyclic amines) is 1. The molecule has 0 saturated carbocycles. The van der Waals surface area contributed by atoms with Crippen molar-refractivity contribution >= 4 is 0 Å². The summed E-state index contributed by atoms with van der Waals surface area (Å²) in [7, 11) is 0. The van der Waals surface area contributed by atoms with Gasteiger partial charge in [-0.2, -0.15) is 0 Å². The minimum absolute atomic E-state index is 0.542. The van der Waals surface area contributed by atoms with Crippen LogP contribution in [0, 0.1) is 5.41 Å². The first-order valence-corrected chi connectivity index (χ1v) is 5.78. The molecule has 0 amide bonds. The Hall–Kier alpha value is -0.890. The van der Waals surface area contributed by atoms with Crippen LogP contribution in [0.5, 0.6) is 0 Å². The van der Waals surface area contributed by atoms with Gasteiger partial charge in [0.15, 0.2) is 0 Å². The molecule has 1 fully saturated rings. The van der Waals surface area contributed by atoms with Gasteiger partial charge in [0, 0.05) is 12.7 Å². The number of hydrogen-bond donors (Lipinski definition) is 0. The Morgan fingerprint density at radius 1 is 1.27 bits per heavy atom. The molecule has 1 aliphatic rings. The van der Waals surface area contributed by atoms with E-state index in [1.54, 1.807) is 0 Å². The van der Waals surface area contributed by atoms with E-state index in [0.717, 1.165) is 6.54 Å². The maximum Gasteiger partial charge on any atom is 0.0543 e. The molecule has 0 bridgehead atoms. The fourth-order valence-corrected chi connectivity index (χ4v) is 2.04. The van der Waals surface area contributed by atoms with Crippen LogP contribution >= 0.6 is 0 Å². The molecule has 0 atom stereocenters. The second kappa shape index (κ2) is 4.31. The van der Waals surface area contributed by atoms with Crippen LogP contribution in [-0.2, 0) is 6.54 Å². The lowest BCUT2D eigenvalue weighted by molar-refractivity contribution is 0.126. The van der Waals surface area contributed by atoms with E-state index in [1.807, 2.05) is 12.3 Å². The van der Waals surface area contributed by atoms with Crippen LogP contribution in [0.15, 0.2) is 24.4 Å². The van der Waals surface area contributed by atoms with Crippen LogP contribution in [-0.4, -0.2) is 23.0 Å². The van der Waals surface area contributed by atoms with Gasteiger partial charge in [-0.3, -0.25) is 9.88 Å². The van der Waals surface area contributed by atoms with E-state index in [0.29, 0.717) is 5.41 Å². The molecule has 0 spiro atoms. The summed E-state index contributed by atoms with van der Waals surface area (Å²) in [5, 5.41) is 0. The lowest BCUT2D eigenvalue weighted by Gasteiger charge is -2.36. The van der Waals surface area contributed by atoms with Crippen molar-refractivity contribution in [2.45, 2.75) is 33.2 Å². The van der Waals surface area contributed by atoms with Crippen LogP contribution in [0.25, 0.3) is 0 Å². The fraction of sp³-hybridized carbons (Fsp3) is 0.615. The SMILES string of the molecule is CC1(C)CCN(Cc2ccccn2)CC1. The molecule has 2 heteroatoms. The molecular formula is C13H20N2. The molecule has 0 aromatic carbocycles. The molecule has 0 aliphatic carbocycles. The number of pyridine rings is 1. The van der Waals surface area contributed by atoms with E-state index in [2.05, 4.69) is 35.9 Å². The van der Waals surface area contributed by atoms with Crippen molar-refractivity contribution in [3.63, 3.8) is 0 Å². The zero-order chi connectivity index (χ0) is 10.7. The van der Waals surface area contributed by atoms with Gasteiger partial charge in [0.2, 0.25) is 0 Å². The number of rotatable bonds is 2. The Bertz CT molecular complexity index is 296. The molecular weight excluding hydrogens is 184 g/mol. The molecule has 2 rings (SSSR count). The molecule has 15 heavy (non-hydrogen) atoms. The zero-order valence-electron chi connectivity index (χ0n) is 9.74. The molecule has 1 aromatic heterocycles.